The van der Waals surface area contributed by atoms with Crippen LogP contribution in [0.2, 0.25) is 10.0 Å². The predicted octanol–water partition coefficient (Wildman–Crippen LogP) is 3.90. The molecular formula is C18H14Cl2N2O3. The van der Waals surface area contributed by atoms with Gasteiger partial charge in [0.05, 0.1) is 10.6 Å². The zero-order valence-electron chi connectivity index (χ0n) is 12.9. The summed E-state index contributed by atoms with van der Waals surface area (Å²) in [4.78, 5) is 27.1. The van der Waals surface area contributed by atoms with Crippen molar-refractivity contribution in [3.05, 3.63) is 69.8 Å². The van der Waals surface area contributed by atoms with Crippen molar-refractivity contribution in [2.45, 2.75) is 12.5 Å². The molecule has 1 amide bonds. The lowest BCUT2D eigenvalue weighted by molar-refractivity contribution is -0.139. The lowest BCUT2D eigenvalue weighted by atomic mass is 10.0. The molecule has 0 fully saturated rings. The fourth-order valence-corrected chi connectivity index (χ4v) is 3.12. The summed E-state index contributed by atoms with van der Waals surface area (Å²) >= 11 is 11.8. The fraction of sp³-hybridized carbons (Fsp3) is 0.111. The van der Waals surface area contributed by atoms with Crippen molar-refractivity contribution in [2.75, 3.05) is 0 Å². The van der Waals surface area contributed by atoms with Crippen LogP contribution >= 0.6 is 23.2 Å². The number of fused-ring (bicyclic) bond motifs is 1. The monoisotopic (exact) mass is 376 g/mol. The summed E-state index contributed by atoms with van der Waals surface area (Å²) in [5.41, 5.74) is 1.90. The molecule has 3 rings (SSSR count). The van der Waals surface area contributed by atoms with Gasteiger partial charge in [-0.25, -0.2) is 4.79 Å². The minimum absolute atomic E-state index is 0.149. The molecule has 25 heavy (non-hydrogen) atoms. The molecule has 128 valence electrons. The summed E-state index contributed by atoms with van der Waals surface area (Å²) in [6, 6.07) is 10.9. The lowest BCUT2D eigenvalue weighted by Gasteiger charge is -2.15. The molecule has 0 aliphatic carbocycles. The number of aromatic amines is 1. The standard InChI is InChI=1S/C18H14Cl2N2O3/c19-11-5-6-13(14(20)8-11)17(23)22-16(18(24)25)7-10-9-21-15-4-2-1-3-12(10)15/h1-6,8-9,16,21H,7H2,(H,22,23)(H,24,25)/t16-/m0/s1. The van der Waals surface area contributed by atoms with Crippen molar-refractivity contribution >= 4 is 46.0 Å². The number of aromatic nitrogens is 1. The van der Waals surface area contributed by atoms with Crippen LogP contribution in [0, 0.1) is 0 Å². The molecule has 0 aliphatic rings. The number of H-pyrrole nitrogens is 1. The van der Waals surface area contributed by atoms with Gasteiger partial charge in [-0.3, -0.25) is 4.79 Å². The number of carbonyl (C=O) groups is 2. The van der Waals surface area contributed by atoms with E-state index in [-0.39, 0.29) is 17.0 Å². The zero-order valence-corrected chi connectivity index (χ0v) is 14.4. The van der Waals surface area contributed by atoms with Crippen molar-refractivity contribution < 1.29 is 14.7 Å². The van der Waals surface area contributed by atoms with Crippen LogP contribution in [0.3, 0.4) is 0 Å². The van der Waals surface area contributed by atoms with E-state index in [4.69, 9.17) is 23.2 Å². The normalized spacial score (nSPS) is 12.1. The Morgan fingerprint density at radius 2 is 1.92 bits per heavy atom. The highest BCUT2D eigenvalue weighted by atomic mass is 35.5. The maximum absolute atomic E-state index is 12.4. The van der Waals surface area contributed by atoms with E-state index in [0.717, 1.165) is 16.5 Å². The van der Waals surface area contributed by atoms with Crippen LogP contribution in [-0.4, -0.2) is 28.0 Å². The number of carbonyl (C=O) groups excluding carboxylic acids is 1. The Hall–Kier alpha value is -2.50. The molecular weight excluding hydrogens is 363 g/mol. The Labute approximate surface area is 153 Å². The Kier molecular flexibility index (Phi) is 4.97. The van der Waals surface area contributed by atoms with Gasteiger partial charge in [0, 0.05) is 28.5 Å². The van der Waals surface area contributed by atoms with Crippen LogP contribution in [0.1, 0.15) is 15.9 Å². The molecule has 1 heterocycles. The Morgan fingerprint density at radius 3 is 2.64 bits per heavy atom. The van der Waals surface area contributed by atoms with E-state index in [9.17, 15) is 14.7 Å². The Bertz CT molecular complexity index is 952. The number of rotatable bonds is 5. The molecule has 0 radical (unpaired) electrons. The molecule has 3 aromatic rings. The summed E-state index contributed by atoms with van der Waals surface area (Å²) in [6.07, 6.45) is 1.90. The summed E-state index contributed by atoms with van der Waals surface area (Å²) < 4.78 is 0. The van der Waals surface area contributed by atoms with Crippen molar-refractivity contribution in [1.82, 2.24) is 10.3 Å². The average Bonchev–Trinajstić information content (AvgIpc) is 2.97. The summed E-state index contributed by atoms with van der Waals surface area (Å²) in [7, 11) is 0. The van der Waals surface area contributed by atoms with E-state index >= 15 is 0 Å². The minimum Gasteiger partial charge on any atom is -0.480 e. The second kappa shape index (κ2) is 7.17. The molecule has 2 aromatic carbocycles. The van der Waals surface area contributed by atoms with Gasteiger partial charge in [-0.05, 0) is 29.8 Å². The number of hydrogen-bond donors (Lipinski definition) is 3. The second-order valence-electron chi connectivity index (χ2n) is 5.55. The first-order valence-corrected chi connectivity index (χ1v) is 8.25. The van der Waals surface area contributed by atoms with Crippen molar-refractivity contribution in [2.24, 2.45) is 0 Å². The molecule has 1 aromatic heterocycles. The third kappa shape index (κ3) is 3.78. The number of aliphatic carboxylic acids is 1. The molecule has 3 N–H and O–H groups in total. The molecule has 0 spiro atoms. The molecule has 0 unspecified atom stereocenters. The van der Waals surface area contributed by atoms with Gasteiger partial charge in [0.1, 0.15) is 6.04 Å². The van der Waals surface area contributed by atoms with Crippen LogP contribution in [0.4, 0.5) is 0 Å². The Morgan fingerprint density at radius 1 is 1.16 bits per heavy atom. The number of hydrogen-bond acceptors (Lipinski definition) is 2. The van der Waals surface area contributed by atoms with Crippen LogP contribution in [0.15, 0.2) is 48.7 Å². The number of nitrogens with one attached hydrogen (secondary N) is 2. The number of benzene rings is 2. The zero-order chi connectivity index (χ0) is 18.0. The van der Waals surface area contributed by atoms with Gasteiger partial charge in [-0.15, -0.1) is 0 Å². The first-order chi connectivity index (χ1) is 12.0. The first kappa shape index (κ1) is 17.3. The average molecular weight is 377 g/mol. The van der Waals surface area contributed by atoms with Crippen LogP contribution in [0.25, 0.3) is 10.9 Å². The van der Waals surface area contributed by atoms with E-state index in [1.165, 1.54) is 18.2 Å². The van der Waals surface area contributed by atoms with E-state index in [0.29, 0.717) is 5.02 Å². The summed E-state index contributed by atoms with van der Waals surface area (Å²) in [5.74, 6) is -1.68. The van der Waals surface area contributed by atoms with E-state index in [1.54, 1.807) is 6.20 Å². The van der Waals surface area contributed by atoms with Gasteiger partial charge in [0.25, 0.3) is 5.91 Å². The molecule has 0 saturated heterocycles. The van der Waals surface area contributed by atoms with Crippen LogP contribution < -0.4 is 5.32 Å². The predicted molar refractivity (Wildman–Crippen MR) is 97.4 cm³/mol. The highest BCUT2D eigenvalue weighted by Gasteiger charge is 2.23. The van der Waals surface area contributed by atoms with Gasteiger partial charge < -0.3 is 15.4 Å². The van der Waals surface area contributed by atoms with Crippen molar-refractivity contribution in [1.29, 1.82) is 0 Å². The molecule has 0 bridgehead atoms. The van der Waals surface area contributed by atoms with Gasteiger partial charge in [-0.1, -0.05) is 41.4 Å². The maximum Gasteiger partial charge on any atom is 0.326 e. The minimum atomic E-state index is -1.12. The number of carboxylic acids is 1. The van der Waals surface area contributed by atoms with Gasteiger partial charge in [0.2, 0.25) is 0 Å². The van der Waals surface area contributed by atoms with Crippen LogP contribution in [-0.2, 0) is 11.2 Å². The first-order valence-electron chi connectivity index (χ1n) is 7.49. The summed E-state index contributed by atoms with van der Waals surface area (Å²) in [5, 5.41) is 13.5. The summed E-state index contributed by atoms with van der Waals surface area (Å²) in [6.45, 7) is 0. The highest BCUT2D eigenvalue weighted by Crippen LogP contribution is 2.22. The lowest BCUT2D eigenvalue weighted by Crippen LogP contribution is -2.42. The molecule has 5 nitrogen and oxygen atoms in total. The Balaban J connectivity index is 1.82. The third-order valence-corrected chi connectivity index (χ3v) is 4.43. The molecule has 0 aliphatic heterocycles. The number of amides is 1. The number of carboxylic acid groups (broad SMARTS) is 1. The van der Waals surface area contributed by atoms with Gasteiger partial charge >= 0.3 is 5.97 Å². The van der Waals surface area contributed by atoms with E-state index < -0.39 is 17.9 Å². The fourth-order valence-electron chi connectivity index (χ4n) is 2.63. The van der Waals surface area contributed by atoms with Crippen molar-refractivity contribution in [3.8, 4) is 0 Å². The van der Waals surface area contributed by atoms with Gasteiger partial charge in [-0.2, -0.15) is 0 Å². The largest absolute Gasteiger partial charge is 0.480 e. The van der Waals surface area contributed by atoms with E-state index in [1.807, 2.05) is 24.3 Å². The van der Waals surface area contributed by atoms with Gasteiger partial charge in [0.15, 0.2) is 0 Å². The topological polar surface area (TPSA) is 82.2 Å². The molecule has 1 atom stereocenters. The quantitative estimate of drug-likeness (QED) is 0.631. The smallest absolute Gasteiger partial charge is 0.326 e. The third-order valence-electron chi connectivity index (χ3n) is 3.88. The SMILES string of the molecule is O=C(N[C@@H](Cc1c[nH]c2ccccc12)C(=O)O)c1ccc(Cl)cc1Cl. The van der Waals surface area contributed by atoms with E-state index in [2.05, 4.69) is 10.3 Å². The molecule has 0 saturated carbocycles. The number of halogens is 2. The number of para-hydroxylation sites is 1. The van der Waals surface area contributed by atoms with Crippen LogP contribution in [0.5, 0.6) is 0 Å². The molecule has 7 heteroatoms. The second-order valence-corrected chi connectivity index (χ2v) is 6.40. The highest BCUT2D eigenvalue weighted by molar-refractivity contribution is 6.36. The van der Waals surface area contributed by atoms with Crippen molar-refractivity contribution in [3.63, 3.8) is 0 Å². The maximum atomic E-state index is 12.4.